The molecule has 2 heterocycles. The number of rotatable bonds is 6. The third-order valence-corrected chi connectivity index (χ3v) is 3.77. The van der Waals surface area contributed by atoms with E-state index in [0.29, 0.717) is 13.0 Å². The average Bonchev–Trinajstić information content (AvgIpc) is 2.66. The molecule has 1 amide bonds. The lowest BCUT2D eigenvalue weighted by atomic mass is 10.1. The van der Waals surface area contributed by atoms with E-state index in [1.54, 1.807) is 18.6 Å². The van der Waals surface area contributed by atoms with Gasteiger partial charge in [0.2, 0.25) is 5.91 Å². The molecule has 2 aromatic heterocycles. The molecule has 0 atom stereocenters. The number of carbonyl (C=O) groups excluding carboxylic acids is 1. The molecule has 0 aliphatic carbocycles. The van der Waals surface area contributed by atoms with Gasteiger partial charge in [0, 0.05) is 37.1 Å². The summed E-state index contributed by atoms with van der Waals surface area (Å²) < 4.78 is 0. The van der Waals surface area contributed by atoms with Gasteiger partial charge in [-0.15, -0.1) is 0 Å². The van der Waals surface area contributed by atoms with Crippen molar-refractivity contribution in [1.82, 2.24) is 15.3 Å². The maximum Gasteiger partial charge on any atom is 0.220 e. The van der Waals surface area contributed by atoms with Crippen LogP contribution in [0.1, 0.15) is 17.5 Å². The summed E-state index contributed by atoms with van der Waals surface area (Å²) >= 11 is 0. The van der Waals surface area contributed by atoms with Gasteiger partial charge in [-0.1, -0.05) is 30.3 Å². The van der Waals surface area contributed by atoms with E-state index >= 15 is 0 Å². The molecule has 120 valence electrons. The van der Waals surface area contributed by atoms with Crippen LogP contribution in [0.4, 0.5) is 0 Å². The van der Waals surface area contributed by atoms with Crippen LogP contribution in [0, 0.1) is 0 Å². The number of benzene rings is 1. The zero-order valence-electron chi connectivity index (χ0n) is 13.4. The van der Waals surface area contributed by atoms with Crippen molar-refractivity contribution in [2.24, 2.45) is 0 Å². The lowest BCUT2D eigenvalue weighted by Crippen LogP contribution is -2.23. The summed E-state index contributed by atoms with van der Waals surface area (Å²) in [5.41, 5.74) is 4.11. The van der Waals surface area contributed by atoms with Crippen molar-refractivity contribution in [2.45, 2.75) is 19.4 Å². The molecule has 0 saturated heterocycles. The first-order valence-corrected chi connectivity index (χ1v) is 7.97. The highest BCUT2D eigenvalue weighted by atomic mass is 16.1. The van der Waals surface area contributed by atoms with E-state index < -0.39 is 0 Å². The van der Waals surface area contributed by atoms with Crippen LogP contribution >= 0.6 is 0 Å². The third-order valence-electron chi connectivity index (χ3n) is 3.77. The molecule has 0 bridgehead atoms. The van der Waals surface area contributed by atoms with Gasteiger partial charge in [0.15, 0.2) is 0 Å². The topological polar surface area (TPSA) is 54.9 Å². The number of hydrogen-bond acceptors (Lipinski definition) is 3. The lowest BCUT2D eigenvalue weighted by molar-refractivity contribution is -0.121. The van der Waals surface area contributed by atoms with Crippen LogP contribution < -0.4 is 5.32 Å². The first-order valence-electron chi connectivity index (χ1n) is 7.97. The molecule has 4 heteroatoms. The van der Waals surface area contributed by atoms with Crippen molar-refractivity contribution in [3.8, 4) is 11.3 Å². The highest BCUT2D eigenvalue weighted by molar-refractivity contribution is 5.76. The molecule has 0 spiro atoms. The number of nitrogens with zero attached hydrogens (tertiary/aromatic N) is 2. The van der Waals surface area contributed by atoms with Crippen molar-refractivity contribution < 1.29 is 4.79 Å². The summed E-state index contributed by atoms with van der Waals surface area (Å²) in [6, 6.07) is 17.8. The number of nitrogens with one attached hydrogen (secondary N) is 1. The number of aryl methyl sites for hydroxylation is 1. The molecular weight excluding hydrogens is 298 g/mol. The second-order valence-corrected chi connectivity index (χ2v) is 5.55. The summed E-state index contributed by atoms with van der Waals surface area (Å²) in [7, 11) is 0. The van der Waals surface area contributed by atoms with Crippen LogP contribution in [0.2, 0.25) is 0 Å². The van der Waals surface area contributed by atoms with Crippen LogP contribution in [0.25, 0.3) is 11.3 Å². The minimum Gasteiger partial charge on any atom is -0.352 e. The van der Waals surface area contributed by atoms with E-state index in [4.69, 9.17) is 0 Å². The van der Waals surface area contributed by atoms with Gasteiger partial charge >= 0.3 is 0 Å². The minimum atomic E-state index is 0.0566. The normalized spacial score (nSPS) is 10.3. The fraction of sp³-hybridized carbons (Fsp3) is 0.150. The largest absolute Gasteiger partial charge is 0.352 e. The first kappa shape index (κ1) is 15.9. The van der Waals surface area contributed by atoms with Gasteiger partial charge in [-0.2, -0.15) is 0 Å². The number of pyridine rings is 2. The molecule has 3 rings (SSSR count). The second kappa shape index (κ2) is 8.02. The fourth-order valence-electron chi connectivity index (χ4n) is 2.46. The maximum atomic E-state index is 12.0. The van der Waals surface area contributed by atoms with Gasteiger partial charge in [0.05, 0.1) is 5.69 Å². The Morgan fingerprint density at radius 1 is 0.917 bits per heavy atom. The Morgan fingerprint density at radius 2 is 1.71 bits per heavy atom. The zero-order valence-corrected chi connectivity index (χ0v) is 13.4. The Balaban J connectivity index is 1.54. The van der Waals surface area contributed by atoms with Crippen LogP contribution in [0.15, 0.2) is 73.2 Å². The molecule has 3 aromatic rings. The second-order valence-electron chi connectivity index (χ2n) is 5.55. The smallest absolute Gasteiger partial charge is 0.220 e. The predicted molar refractivity (Wildman–Crippen MR) is 94.1 cm³/mol. The molecular formula is C20H19N3O. The standard InChI is InChI=1S/C20H19N3O/c24-20(7-6-16-4-2-1-3-5-16)23-15-17-8-13-22-19(14-17)18-9-11-21-12-10-18/h1-5,8-14H,6-7,15H2,(H,23,24). The van der Waals surface area contributed by atoms with Gasteiger partial charge in [-0.3, -0.25) is 14.8 Å². The van der Waals surface area contributed by atoms with Crippen molar-refractivity contribution in [2.75, 3.05) is 0 Å². The van der Waals surface area contributed by atoms with E-state index in [9.17, 15) is 4.79 Å². The lowest BCUT2D eigenvalue weighted by Gasteiger charge is -2.07. The highest BCUT2D eigenvalue weighted by Crippen LogP contribution is 2.16. The van der Waals surface area contributed by atoms with Gasteiger partial charge in [0.1, 0.15) is 0 Å². The molecule has 0 aliphatic rings. The van der Waals surface area contributed by atoms with Crippen LogP contribution in [0.3, 0.4) is 0 Å². The van der Waals surface area contributed by atoms with Gasteiger partial charge in [-0.25, -0.2) is 0 Å². The highest BCUT2D eigenvalue weighted by Gasteiger charge is 2.04. The Hall–Kier alpha value is -3.01. The molecule has 1 N–H and O–H groups in total. The first-order chi connectivity index (χ1) is 11.8. The Morgan fingerprint density at radius 3 is 2.50 bits per heavy atom. The van der Waals surface area contributed by atoms with E-state index in [-0.39, 0.29) is 5.91 Å². The molecule has 1 aromatic carbocycles. The van der Waals surface area contributed by atoms with Gasteiger partial charge < -0.3 is 5.32 Å². The number of hydrogen-bond donors (Lipinski definition) is 1. The van der Waals surface area contributed by atoms with Crippen molar-refractivity contribution in [3.05, 3.63) is 84.3 Å². The average molecular weight is 317 g/mol. The summed E-state index contributed by atoms with van der Waals surface area (Å²) in [4.78, 5) is 20.4. The third kappa shape index (κ3) is 4.49. The number of aromatic nitrogens is 2. The van der Waals surface area contributed by atoms with E-state index in [0.717, 1.165) is 23.2 Å². The maximum absolute atomic E-state index is 12.0. The number of carbonyl (C=O) groups is 1. The Kier molecular flexibility index (Phi) is 5.30. The van der Waals surface area contributed by atoms with Crippen molar-refractivity contribution in [3.63, 3.8) is 0 Å². The molecule has 0 saturated carbocycles. The fourth-order valence-corrected chi connectivity index (χ4v) is 2.46. The SMILES string of the molecule is O=C(CCc1ccccc1)NCc1ccnc(-c2ccncc2)c1. The monoisotopic (exact) mass is 317 g/mol. The molecule has 4 nitrogen and oxygen atoms in total. The van der Waals surface area contributed by atoms with E-state index in [2.05, 4.69) is 15.3 Å². The molecule has 0 fully saturated rings. The molecule has 0 unspecified atom stereocenters. The summed E-state index contributed by atoms with van der Waals surface area (Å²) in [5, 5.41) is 2.97. The molecule has 24 heavy (non-hydrogen) atoms. The van der Waals surface area contributed by atoms with Crippen LogP contribution in [-0.2, 0) is 17.8 Å². The van der Waals surface area contributed by atoms with Crippen LogP contribution in [-0.4, -0.2) is 15.9 Å². The van der Waals surface area contributed by atoms with Gasteiger partial charge in [0.25, 0.3) is 0 Å². The molecule has 0 aliphatic heterocycles. The number of amides is 1. The van der Waals surface area contributed by atoms with Crippen molar-refractivity contribution in [1.29, 1.82) is 0 Å². The Bertz CT molecular complexity index is 788. The quantitative estimate of drug-likeness (QED) is 0.758. The zero-order chi connectivity index (χ0) is 16.6. The van der Waals surface area contributed by atoms with E-state index in [1.807, 2.05) is 54.6 Å². The van der Waals surface area contributed by atoms with Crippen LogP contribution in [0.5, 0.6) is 0 Å². The summed E-state index contributed by atoms with van der Waals surface area (Å²) in [5.74, 6) is 0.0566. The van der Waals surface area contributed by atoms with Crippen molar-refractivity contribution >= 4 is 5.91 Å². The summed E-state index contributed by atoms with van der Waals surface area (Å²) in [6.45, 7) is 0.508. The minimum absolute atomic E-state index is 0.0566. The van der Waals surface area contributed by atoms with Gasteiger partial charge in [-0.05, 0) is 41.8 Å². The predicted octanol–water partition coefficient (Wildman–Crippen LogP) is 3.39. The Labute approximate surface area is 141 Å². The molecule has 0 radical (unpaired) electrons. The van der Waals surface area contributed by atoms with E-state index in [1.165, 1.54) is 5.56 Å². The summed E-state index contributed by atoms with van der Waals surface area (Å²) in [6.07, 6.45) is 6.50.